The predicted molar refractivity (Wildman–Crippen MR) is 109 cm³/mol. The Kier molecular flexibility index (Phi) is 5.80. The summed E-state index contributed by atoms with van der Waals surface area (Å²) >= 11 is 18.6. The van der Waals surface area contributed by atoms with E-state index in [1.54, 1.807) is 12.1 Å². The van der Waals surface area contributed by atoms with Crippen LogP contribution < -0.4 is 0 Å². The maximum absolute atomic E-state index is 6.30. The molecular weight excluding hydrogens is 373 g/mol. The van der Waals surface area contributed by atoms with Crippen LogP contribution in [0.4, 0.5) is 0 Å². The number of nitrogens with zero attached hydrogens (tertiary/aromatic N) is 1. The van der Waals surface area contributed by atoms with Crippen molar-refractivity contribution in [2.45, 2.75) is 13.0 Å². The standard InChI is InChI=1S/C21H16Cl3N/c1-14(21-19(23)11-17(22)12-20(21)24)25-13-16-9-5-6-10-18(16)15-7-3-2-4-8-15/h2-14H,1H3/b25-13+. The lowest BCUT2D eigenvalue weighted by Crippen LogP contribution is -1.95. The maximum Gasteiger partial charge on any atom is 0.0750 e. The monoisotopic (exact) mass is 387 g/mol. The molecule has 0 aromatic heterocycles. The molecule has 0 fully saturated rings. The van der Waals surface area contributed by atoms with E-state index in [0.717, 1.165) is 22.3 Å². The van der Waals surface area contributed by atoms with Gasteiger partial charge in [-0.2, -0.15) is 0 Å². The third kappa shape index (κ3) is 4.24. The first-order chi connectivity index (χ1) is 12.1. The molecule has 3 aromatic carbocycles. The van der Waals surface area contributed by atoms with Gasteiger partial charge in [-0.15, -0.1) is 0 Å². The number of halogens is 3. The van der Waals surface area contributed by atoms with Gasteiger partial charge in [0.1, 0.15) is 0 Å². The first kappa shape index (κ1) is 18.0. The summed E-state index contributed by atoms with van der Waals surface area (Å²) in [4.78, 5) is 4.67. The van der Waals surface area contributed by atoms with E-state index in [4.69, 9.17) is 34.8 Å². The van der Waals surface area contributed by atoms with Crippen LogP contribution in [0.15, 0.2) is 71.7 Å². The zero-order valence-corrected chi connectivity index (χ0v) is 15.9. The van der Waals surface area contributed by atoms with E-state index in [0.29, 0.717) is 15.1 Å². The minimum atomic E-state index is -0.180. The molecule has 0 N–H and O–H groups in total. The van der Waals surface area contributed by atoms with Gasteiger partial charge in [0.25, 0.3) is 0 Å². The molecule has 0 saturated heterocycles. The largest absolute Gasteiger partial charge is 0.285 e. The minimum absolute atomic E-state index is 0.180. The highest BCUT2D eigenvalue weighted by Gasteiger charge is 2.14. The molecule has 1 unspecified atom stereocenters. The van der Waals surface area contributed by atoms with Gasteiger partial charge in [-0.25, -0.2) is 0 Å². The molecule has 1 atom stereocenters. The van der Waals surface area contributed by atoms with Crippen LogP contribution in [0.1, 0.15) is 24.1 Å². The number of hydrogen-bond acceptors (Lipinski definition) is 1. The molecule has 0 spiro atoms. The lowest BCUT2D eigenvalue weighted by Gasteiger charge is -2.12. The van der Waals surface area contributed by atoms with Gasteiger partial charge in [-0.1, -0.05) is 89.4 Å². The Morgan fingerprint density at radius 3 is 2.12 bits per heavy atom. The summed E-state index contributed by atoms with van der Waals surface area (Å²) in [6.45, 7) is 1.96. The fourth-order valence-electron chi connectivity index (χ4n) is 2.71. The van der Waals surface area contributed by atoms with Crippen molar-refractivity contribution in [3.8, 4) is 11.1 Å². The molecule has 0 bridgehead atoms. The van der Waals surface area contributed by atoms with Gasteiger partial charge >= 0.3 is 0 Å². The molecule has 0 aliphatic rings. The normalized spacial score (nSPS) is 12.5. The van der Waals surface area contributed by atoms with E-state index < -0.39 is 0 Å². The molecule has 3 aromatic rings. The second-order valence-corrected chi connectivity index (χ2v) is 6.94. The van der Waals surface area contributed by atoms with E-state index in [1.165, 1.54) is 0 Å². The van der Waals surface area contributed by atoms with Gasteiger partial charge in [0.2, 0.25) is 0 Å². The van der Waals surface area contributed by atoms with Crippen LogP contribution in [0.3, 0.4) is 0 Å². The van der Waals surface area contributed by atoms with E-state index >= 15 is 0 Å². The number of aliphatic imine (C=N–C) groups is 1. The van der Waals surface area contributed by atoms with Gasteiger partial charge < -0.3 is 0 Å². The molecular formula is C21H16Cl3N. The fourth-order valence-corrected chi connectivity index (χ4v) is 3.84. The van der Waals surface area contributed by atoms with E-state index in [2.05, 4.69) is 23.2 Å². The Balaban J connectivity index is 1.93. The van der Waals surface area contributed by atoms with E-state index in [1.807, 2.05) is 49.5 Å². The van der Waals surface area contributed by atoms with Crippen LogP contribution in [0, 0.1) is 0 Å². The summed E-state index contributed by atoms with van der Waals surface area (Å²) in [5, 5.41) is 1.57. The van der Waals surface area contributed by atoms with Gasteiger partial charge in [0.05, 0.1) is 6.04 Å². The Bertz CT molecular complexity index is 881. The maximum atomic E-state index is 6.30. The molecule has 3 rings (SSSR count). The van der Waals surface area contributed by atoms with Crippen molar-refractivity contribution < 1.29 is 0 Å². The molecule has 0 aliphatic carbocycles. The third-order valence-corrected chi connectivity index (χ3v) is 4.79. The Morgan fingerprint density at radius 2 is 1.44 bits per heavy atom. The second kappa shape index (κ2) is 8.05. The highest BCUT2D eigenvalue weighted by Crippen LogP contribution is 2.35. The average Bonchev–Trinajstić information content (AvgIpc) is 2.60. The van der Waals surface area contributed by atoms with Crippen molar-refractivity contribution in [1.29, 1.82) is 0 Å². The van der Waals surface area contributed by atoms with Crippen molar-refractivity contribution in [2.75, 3.05) is 0 Å². The summed E-state index contributed by atoms with van der Waals surface area (Å²) in [5.74, 6) is 0. The summed E-state index contributed by atoms with van der Waals surface area (Å²) in [6.07, 6.45) is 1.87. The average molecular weight is 389 g/mol. The van der Waals surface area contributed by atoms with Crippen LogP contribution in [-0.4, -0.2) is 6.21 Å². The van der Waals surface area contributed by atoms with Crippen LogP contribution in [0.2, 0.25) is 15.1 Å². The SMILES string of the molecule is CC(/N=C/c1ccccc1-c1ccccc1)c1c(Cl)cc(Cl)cc1Cl. The molecule has 0 radical (unpaired) electrons. The van der Waals surface area contributed by atoms with Gasteiger partial charge in [0, 0.05) is 32.4 Å². The Morgan fingerprint density at radius 1 is 0.840 bits per heavy atom. The van der Waals surface area contributed by atoms with E-state index in [-0.39, 0.29) is 6.04 Å². The van der Waals surface area contributed by atoms with Crippen LogP contribution in [-0.2, 0) is 0 Å². The summed E-state index contributed by atoms with van der Waals surface area (Å²) in [7, 11) is 0. The first-order valence-electron chi connectivity index (χ1n) is 7.88. The van der Waals surface area contributed by atoms with Crippen molar-refractivity contribution in [3.05, 3.63) is 92.9 Å². The number of benzene rings is 3. The summed E-state index contributed by atoms with van der Waals surface area (Å²) < 4.78 is 0. The smallest absolute Gasteiger partial charge is 0.0750 e. The van der Waals surface area contributed by atoms with Gasteiger partial charge in [0.15, 0.2) is 0 Å². The van der Waals surface area contributed by atoms with Gasteiger partial charge in [-0.3, -0.25) is 4.99 Å². The molecule has 0 aliphatic heterocycles. The molecule has 0 amide bonds. The lowest BCUT2D eigenvalue weighted by atomic mass is 10.0. The van der Waals surface area contributed by atoms with E-state index in [9.17, 15) is 0 Å². The molecule has 0 heterocycles. The zero-order chi connectivity index (χ0) is 17.8. The van der Waals surface area contributed by atoms with Crippen LogP contribution in [0.25, 0.3) is 11.1 Å². The fraction of sp³-hybridized carbons (Fsp3) is 0.0952. The van der Waals surface area contributed by atoms with Crippen LogP contribution >= 0.6 is 34.8 Å². The van der Waals surface area contributed by atoms with Crippen molar-refractivity contribution >= 4 is 41.0 Å². The highest BCUT2D eigenvalue weighted by molar-refractivity contribution is 6.39. The second-order valence-electron chi connectivity index (χ2n) is 5.69. The Labute approximate surface area is 162 Å². The summed E-state index contributed by atoms with van der Waals surface area (Å²) in [6, 6.07) is 21.6. The first-order valence-corrected chi connectivity index (χ1v) is 9.01. The van der Waals surface area contributed by atoms with Gasteiger partial charge in [-0.05, 0) is 30.2 Å². The molecule has 0 saturated carbocycles. The molecule has 4 heteroatoms. The topological polar surface area (TPSA) is 12.4 Å². The minimum Gasteiger partial charge on any atom is -0.285 e. The molecule has 1 nitrogen and oxygen atoms in total. The van der Waals surface area contributed by atoms with Crippen molar-refractivity contribution in [2.24, 2.45) is 4.99 Å². The summed E-state index contributed by atoms with van der Waals surface area (Å²) in [5.41, 5.74) is 4.11. The Hall–Kier alpha value is -1.80. The van der Waals surface area contributed by atoms with Crippen molar-refractivity contribution in [3.63, 3.8) is 0 Å². The zero-order valence-electron chi connectivity index (χ0n) is 13.6. The van der Waals surface area contributed by atoms with Crippen LogP contribution in [0.5, 0.6) is 0 Å². The number of hydrogen-bond donors (Lipinski definition) is 0. The third-order valence-electron chi connectivity index (χ3n) is 3.94. The number of rotatable bonds is 4. The van der Waals surface area contributed by atoms with Crippen molar-refractivity contribution in [1.82, 2.24) is 0 Å². The molecule has 25 heavy (non-hydrogen) atoms. The highest BCUT2D eigenvalue weighted by atomic mass is 35.5. The predicted octanol–water partition coefficient (Wildman–Crippen LogP) is 7.49. The molecule has 126 valence electrons. The lowest BCUT2D eigenvalue weighted by molar-refractivity contribution is 0.826. The quantitative estimate of drug-likeness (QED) is 0.410.